The lowest BCUT2D eigenvalue weighted by molar-refractivity contribution is -0.139. The first-order valence-electron chi connectivity index (χ1n) is 9.41. The average molecular weight is 395 g/mol. The van der Waals surface area contributed by atoms with Crippen LogP contribution in [0.15, 0.2) is 59.0 Å². The molecule has 29 heavy (non-hydrogen) atoms. The quantitative estimate of drug-likeness (QED) is 0.689. The van der Waals surface area contributed by atoms with E-state index in [2.05, 4.69) is 0 Å². The van der Waals surface area contributed by atoms with Crippen molar-refractivity contribution in [2.75, 3.05) is 19.8 Å². The van der Waals surface area contributed by atoms with Gasteiger partial charge in [0, 0.05) is 6.54 Å². The zero-order valence-corrected chi connectivity index (χ0v) is 15.7. The summed E-state index contributed by atoms with van der Waals surface area (Å²) in [5.74, 6) is 0.0883. The Morgan fingerprint density at radius 3 is 2.76 bits per heavy atom. The van der Waals surface area contributed by atoms with Gasteiger partial charge in [0.1, 0.15) is 18.1 Å². The molecule has 1 unspecified atom stereocenters. The summed E-state index contributed by atoms with van der Waals surface area (Å²) in [7, 11) is 0. The summed E-state index contributed by atoms with van der Waals surface area (Å²) in [6.45, 7) is 1.10. The van der Waals surface area contributed by atoms with E-state index in [0.717, 1.165) is 10.8 Å². The monoisotopic (exact) mass is 395 g/mol. The summed E-state index contributed by atoms with van der Waals surface area (Å²) >= 11 is 0. The number of ether oxygens (including phenoxy) is 2. The Labute approximate surface area is 167 Å². The summed E-state index contributed by atoms with van der Waals surface area (Å²) in [6.07, 6.45) is -0.162. The molecule has 7 nitrogen and oxygen atoms in total. The predicted octanol–water partition coefficient (Wildman–Crippen LogP) is 3.33. The van der Waals surface area contributed by atoms with E-state index < -0.39 is 12.0 Å². The third-order valence-electron chi connectivity index (χ3n) is 4.87. The molecule has 150 valence electrons. The van der Waals surface area contributed by atoms with Gasteiger partial charge in [-0.05, 0) is 35.0 Å². The maximum atomic E-state index is 12.8. The lowest BCUT2D eigenvalue weighted by atomic mass is 10.1. The topological polar surface area (TPSA) is 89.2 Å². The van der Waals surface area contributed by atoms with E-state index in [1.165, 1.54) is 4.90 Å². The molecule has 2 aromatic carbocycles. The maximum absolute atomic E-state index is 12.8. The number of nitrogens with zero attached hydrogens (tertiary/aromatic N) is 1. The molecule has 1 aromatic heterocycles. The molecule has 1 N–H and O–H groups in total. The van der Waals surface area contributed by atoms with Crippen LogP contribution in [0.5, 0.6) is 5.75 Å². The Balaban J connectivity index is 1.41. The van der Waals surface area contributed by atoms with Gasteiger partial charge in [-0.2, -0.15) is 0 Å². The summed E-state index contributed by atoms with van der Waals surface area (Å²) in [4.78, 5) is 25.3. The van der Waals surface area contributed by atoms with Crippen molar-refractivity contribution < 1.29 is 28.6 Å². The second kappa shape index (κ2) is 8.36. The number of carbonyl (C=O) groups is 2. The van der Waals surface area contributed by atoms with Crippen LogP contribution in [0, 0.1) is 0 Å². The minimum Gasteiger partial charge on any atom is -0.486 e. The molecule has 1 fully saturated rings. The van der Waals surface area contributed by atoms with Crippen LogP contribution in [0.2, 0.25) is 0 Å². The van der Waals surface area contributed by atoms with Gasteiger partial charge in [0.05, 0.1) is 25.7 Å². The second-order valence-electron chi connectivity index (χ2n) is 6.89. The van der Waals surface area contributed by atoms with Gasteiger partial charge in [0.25, 0.3) is 5.91 Å². The molecular weight excluding hydrogens is 374 g/mol. The van der Waals surface area contributed by atoms with E-state index in [-0.39, 0.29) is 31.3 Å². The fourth-order valence-electron chi connectivity index (χ4n) is 3.42. The highest BCUT2D eigenvalue weighted by atomic mass is 16.5. The predicted molar refractivity (Wildman–Crippen MR) is 105 cm³/mol. The van der Waals surface area contributed by atoms with Crippen LogP contribution in [0.1, 0.15) is 22.7 Å². The number of carboxylic acids is 1. The Kier molecular flexibility index (Phi) is 5.48. The molecule has 1 aliphatic rings. The van der Waals surface area contributed by atoms with Crippen LogP contribution in [-0.2, 0) is 16.1 Å². The summed E-state index contributed by atoms with van der Waals surface area (Å²) in [5, 5.41) is 11.3. The van der Waals surface area contributed by atoms with Crippen molar-refractivity contribution in [2.45, 2.75) is 19.1 Å². The van der Waals surface area contributed by atoms with E-state index in [1.54, 1.807) is 12.1 Å². The first kappa shape index (κ1) is 19.0. The van der Waals surface area contributed by atoms with Crippen LogP contribution in [0.3, 0.4) is 0 Å². The van der Waals surface area contributed by atoms with Crippen LogP contribution < -0.4 is 4.74 Å². The third kappa shape index (κ3) is 4.41. The molecule has 0 radical (unpaired) electrons. The van der Waals surface area contributed by atoms with Crippen molar-refractivity contribution in [3.63, 3.8) is 0 Å². The molecule has 3 aromatic rings. The highest BCUT2D eigenvalue weighted by molar-refractivity contribution is 5.92. The van der Waals surface area contributed by atoms with E-state index in [4.69, 9.17) is 19.0 Å². The number of carbonyl (C=O) groups excluding carboxylic acids is 1. The van der Waals surface area contributed by atoms with Gasteiger partial charge >= 0.3 is 5.97 Å². The zero-order valence-electron chi connectivity index (χ0n) is 15.7. The molecule has 0 bridgehead atoms. The third-order valence-corrected chi connectivity index (χ3v) is 4.87. The van der Waals surface area contributed by atoms with Crippen molar-refractivity contribution in [3.05, 3.63) is 66.1 Å². The molecule has 4 rings (SSSR count). The lowest BCUT2D eigenvalue weighted by Crippen LogP contribution is -2.49. The van der Waals surface area contributed by atoms with Crippen molar-refractivity contribution >= 4 is 22.6 Å². The molecule has 1 amide bonds. The van der Waals surface area contributed by atoms with Crippen LogP contribution >= 0.6 is 0 Å². The normalized spacial score (nSPS) is 16.7. The first-order valence-corrected chi connectivity index (χ1v) is 9.41. The minimum atomic E-state index is -0.970. The van der Waals surface area contributed by atoms with E-state index in [9.17, 15) is 9.59 Å². The zero-order chi connectivity index (χ0) is 20.2. The number of hydrogen-bond donors (Lipinski definition) is 1. The van der Waals surface area contributed by atoms with Crippen molar-refractivity contribution in [3.8, 4) is 5.75 Å². The fraction of sp³-hybridized carbons (Fsp3) is 0.273. The van der Waals surface area contributed by atoms with Gasteiger partial charge in [0.15, 0.2) is 5.76 Å². The smallest absolute Gasteiger partial charge is 0.305 e. The molecule has 1 aliphatic heterocycles. The number of aliphatic carboxylic acids is 1. The highest BCUT2D eigenvalue weighted by Crippen LogP contribution is 2.22. The Bertz CT molecular complexity index is 1030. The Morgan fingerprint density at radius 1 is 1.10 bits per heavy atom. The summed E-state index contributed by atoms with van der Waals surface area (Å²) in [6, 6.07) is 16.6. The number of furan rings is 1. The number of amides is 1. The molecule has 2 heterocycles. The van der Waals surface area contributed by atoms with Gasteiger partial charge in [0.2, 0.25) is 0 Å². The van der Waals surface area contributed by atoms with Gasteiger partial charge in [-0.15, -0.1) is 0 Å². The molecule has 0 saturated carbocycles. The Morgan fingerprint density at radius 2 is 1.93 bits per heavy atom. The molecule has 7 heteroatoms. The summed E-state index contributed by atoms with van der Waals surface area (Å²) in [5.41, 5.74) is 0. The minimum absolute atomic E-state index is 0.162. The van der Waals surface area contributed by atoms with Crippen LogP contribution in [-0.4, -0.2) is 47.7 Å². The van der Waals surface area contributed by atoms with Crippen LogP contribution in [0.25, 0.3) is 10.8 Å². The average Bonchev–Trinajstić information content (AvgIpc) is 3.21. The number of benzene rings is 2. The second-order valence-corrected chi connectivity index (χ2v) is 6.89. The number of carboxylic acid groups (broad SMARTS) is 1. The van der Waals surface area contributed by atoms with Gasteiger partial charge in [-0.25, -0.2) is 0 Å². The molecular formula is C22H21NO6. The first-order chi connectivity index (χ1) is 14.1. The standard InChI is InChI=1S/C22H21NO6/c24-21(25)12-17-13-27-10-9-23(17)22(26)20-8-7-19(29-20)14-28-18-6-5-15-3-1-2-4-16(15)11-18/h1-8,11,17H,9-10,12-14H2,(H,24,25). The van der Waals surface area contributed by atoms with E-state index >= 15 is 0 Å². The van der Waals surface area contributed by atoms with Gasteiger partial charge in [-0.1, -0.05) is 30.3 Å². The SMILES string of the molecule is O=C(O)CC1COCCN1C(=O)c1ccc(COc2ccc3ccccc3c2)o1. The highest BCUT2D eigenvalue weighted by Gasteiger charge is 2.31. The molecule has 1 saturated heterocycles. The van der Waals surface area contributed by atoms with Crippen molar-refractivity contribution in [1.29, 1.82) is 0 Å². The van der Waals surface area contributed by atoms with E-state index in [0.29, 0.717) is 24.7 Å². The fourth-order valence-corrected chi connectivity index (χ4v) is 3.42. The largest absolute Gasteiger partial charge is 0.486 e. The van der Waals surface area contributed by atoms with Gasteiger partial charge in [-0.3, -0.25) is 9.59 Å². The number of hydrogen-bond acceptors (Lipinski definition) is 5. The summed E-state index contributed by atoms with van der Waals surface area (Å²) < 4.78 is 16.8. The van der Waals surface area contributed by atoms with Gasteiger partial charge < -0.3 is 23.9 Å². The molecule has 0 spiro atoms. The number of morpholine rings is 1. The van der Waals surface area contributed by atoms with Crippen molar-refractivity contribution in [2.24, 2.45) is 0 Å². The van der Waals surface area contributed by atoms with E-state index in [1.807, 2.05) is 42.5 Å². The number of fused-ring (bicyclic) bond motifs is 1. The molecule has 0 aliphatic carbocycles. The lowest BCUT2D eigenvalue weighted by Gasteiger charge is -2.34. The van der Waals surface area contributed by atoms with Crippen LogP contribution in [0.4, 0.5) is 0 Å². The number of rotatable bonds is 6. The maximum Gasteiger partial charge on any atom is 0.305 e. The van der Waals surface area contributed by atoms with Crippen molar-refractivity contribution in [1.82, 2.24) is 4.90 Å². The Hall–Kier alpha value is -3.32. The molecule has 1 atom stereocenters.